The molecule has 2 heterocycles. The van der Waals surface area contributed by atoms with Crippen molar-refractivity contribution in [3.05, 3.63) is 64.7 Å². The molecule has 3 fully saturated rings. The summed E-state index contributed by atoms with van der Waals surface area (Å²) in [7, 11) is -3.90. The summed E-state index contributed by atoms with van der Waals surface area (Å²) in [6.45, 7) is 0.425. The van der Waals surface area contributed by atoms with Crippen LogP contribution in [0.15, 0.2) is 59.5 Å². The second kappa shape index (κ2) is 10.9. The van der Waals surface area contributed by atoms with Crippen molar-refractivity contribution in [2.24, 2.45) is 0 Å². The number of anilines is 1. The molecule has 39 heavy (non-hydrogen) atoms. The van der Waals surface area contributed by atoms with Gasteiger partial charge in [-0.05, 0) is 49.9 Å². The normalized spacial score (nSPS) is 20.4. The van der Waals surface area contributed by atoms with E-state index in [2.05, 4.69) is 5.32 Å². The highest BCUT2D eigenvalue weighted by molar-refractivity contribution is 7.89. The topological polar surface area (TPSA) is 133 Å². The average Bonchev–Trinajstić information content (AvgIpc) is 3.20. The largest absolute Gasteiger partial charge is 0.352 e. The summed E-state index contributed by atoms with van der Waals surface area (Å²) in [5.41, 5.74) is -0.310. The molecule has 2 aromatic rings. The fourth-order valence-electron chi connectivity index (χ4n) is 6.00. The lowest BCUT2D eigenvalue weighted by molar-refractivity contribution is -0.384. The van der Waals surface area contributed by atoms with Crippen LogP contribution in [0.25, 0.3) is 0 Å². The molecule has 2 amide bonds. The molecular formula is C27H33N5O6S. The van der Waals surface area contributed by atoms with E-state index in [1.165, 1.54) is 35.0 Å². The van der Waals surface area contributed by atoms with Crippen molar-refractivity contribution in [2.75, 3.05) is 31.2 Å². The molecule has 0 atom stereocenters. The number of amides is 2. The second-order valence-corrected chi connectivity index (χ2v) is 12.4. The highest BCUT2D eigenvalue weighted by atomic mass is 32.2. The molecule has 1 aliphatic carbocycles. The van der Waals surface area contributed by atoms with E-state index >= 15 is 0 Å². The Morgan fingerprint density at radius 1 is 1.00 bits per heavy atom. The Morgan fingerprint density at radius 3 is 2.26 bits per heavy atom. The maximum absolute atomic E-state index is 13.9. The van der Waals surface area contributed by atoms with Crippen LogP contribution >= 0.6 is 0 Å². The third-order valence-electron chi connectivity index (χ3n) is 8.12. The summed E-state index contributed by atoms with van der Waals surface area (Å²) < 4.78 is 27.9. The number of hydrogen-bond donors (Lipinski definition) is 1. The maximum Gasteiger partial charge on any atom is 0.269 e. The highest BCUT2D eigenvalue weighted by Gasteiger charge is 2.55. The van der Waals surface area contributed by atoms with E-state index in [4.69, 9.17) is 0 Å². The Morgan fingerprint density at radius 2 is 1.64 bits per heavy atom. The minimum atomic E-state index is -3.90. The molecule has 5 rings (SSSR count). The third-order valence-corrected chi connectivity index (χ3v) is 10.0. The molecule has 1 N–H and O–H groups in total. The Bertz CT molecular complexity index is 1320. The first-order valence-electron chi connectivity index (χ1n) is 13.4. The zero-order chi connectivity index (χ0) is 27.6. The van der Waals surface area contributed by atoms with Crippen molar-refractivity contribution in [1.82, 2.24) is 14.5 Å². The minimum Gasteiger partial charge on any atom is -0.352 e. The van der Waals surface area contributed by atoms with E-state index in [0.717, 1.165) is 31.4 Å². The highest BCUT2D eigenvalue weighted by Crippen LogP contribution is 2.40. The summed E-state index contributed by atoms with van der Waals surface area (Å²) >= 11 is 0. The number of sulfonamides is 1. The lowest BCUT2D eigenvalue weighted by Crippen LogP contribution is -2.57. The number of nitro benzene ring substituents is 1. The minimum absolute atomic E-state index is 0.0253. The Kier molecular flexibility index (Phi) is 7.59. The van der Waals surface area contributed by atoms with Crippen molar-refractivity contribution in [3.8, 4) is 0 Å². The van der Waals surface area contributed by atoms with Gasteiger partial charge in [-0.2, -0.15) is 4.31 Å². The smallest absolute Gasteiger partial charge is 0.269 e. The van der Waals surface area contributed by atoms with Crippen molar-refractivity contribution >= 4 is 33.2 Å². The quantitative estimate of drug-likeness (QED) is 0.410. The first kappa shape index (κ1) is 27.1. The molecule has 11 nitrogen and oxygen atoms in total. The lowest BCUT2D eigenvalue weighted by Gasteiger charge is -2.42. The number of carbonyl (C=O) groups is 2. The lowest BCUT2D eigenvalue weighted by atomic mass is 9.86. The fourth-order valence-corrected chi connectivity index (χ4v) is 7.44. The first-order valence-corrected chi connectivity index (χ1v) is 14.8. The van der Waals surface area contributed by atoms with Crippen LogP contribution in [-0.2, 0) is 19.6 Å². The van der Waals surface area contributed by atoms with Gasteiger partial charge < -0.3 is 15.1 Å². The van der Waals surface area contributed by atoms with Gasteiger partial charge in [0.05, 0.1) is 16.5 Å². The van der Waals surface area contributed by atoms with Crippen LogP contribution in [0.1, 0.15) is 44.9 Å². The molecule has 0 aromatic heterocycles. The zero-order valence-corrected chi connectivity index (χ0v) is 22.5. The monoisotopic (exact) mass is 555 g/mol. The summed E-state index contributed by atoms with van der Waals surface area (Å²) in [6, 6.07) is 14.5. The van der Waals surface area contributed by atoms with Gasteiger partial charge >= 0.3 is 0 Å². The molecule has 0 radical (unpaired) electrons. The molecule has 0 bridgehead atoms. The number of rotatable bonds is 7. The van der Waals surface area contributed by atoms with Gasteiger partial charge in [-0.25, -0.2) is 8.42 Å². The maximum atomic E-state index is 13.9. The average molecular weight is 556 g/mol. The van der Waals surface area contributed by atoms with Crippen LogP contribution < -0.4 is 10.2 Å². The number of nitro groups is 1. The van der Waals surface area contributed by atoms with Crippen molar-refractivity contribution < 1.29 is 22.9 Å². The summed E-state index contributed by atoms with van der Waals surface area (Å²) in [4.78, 5) is 40.7. The molecule has 208 valence electrons. The van der Waals surface area contributed by atoms with Crippen LogP contribution in [-0.4, -0.2) is 72.2 Å². The van der Waals surface area contributed by atoms with Gasteiger partial charge in [-0.1, -0.05) is 37.5 Å². The van der Waals surface area contributed by atoms with Crippen molar-refractivity contribution in [2.45, 2.75) is 61.4 Å². The second-order valence-electron chi connectivity index (χ2n) is 10.5. The van der Waals surface area contributed by atoms with Gasteiger partial charge in [-0.3, -0.25) is 19.7 Å². The van der Waals surface area contributed by atoms with Crippen LogP contribution in [0.5, 0.6) is 0 Å². The fraction of sp³-hybridized carbons (Fsp3) is 0.481. The van der Waals surface area contributed by atoms with Crippen LogP contribution in [0.2, 0.25) is 0 Å². The standard InChI is InChI=1S/C27H33N5O6S/c33-25(28-21-7-3-1-4-8-21)19-29-20-31(22-9-5-2-6-10-22)27(26(29)34)15-17-30(18-16-27)39(37,38)24-13-11-23(12-14-24)32(35)36/h2,5-6,9-14,21H,1,3-4,7-8,15-20H2,(H,28,33). The SMILES string of the molecule is O=C(CN1CN(c2ccccc2)C2(CCN(S(=O)(=O)c3ccc([N+](=O)[O-])cc3)CC2)C1=O)NC1CCCCC1. The number of nitrogens with zero attached hydrogens (tertiary/aromatic N) is 4. The van der Waals surface area contributed by atoms with E-state index in [9.17, 15) is 28.1 Å². The molecule has 1 saturated carbocycles. The van der Waals surface area contributed by atoms with Crippen LogP contribution in [0.4, 0.5) is 11.4 Å². The number of nitrogens with one attached hydrogen (secondary N) is 1. The summed E-state index contributed by atoms with van der Waals surface area (Å²) in [6.07, 6.45) is 5.80. The van der Waals surface area contributed by atoms with Crippen LogP contribution in [0.3, 0.4) is 0 Å². The van der Waals surface area contributed by atoms with Gasteiger partial charge in [0.25, 0.3) is 5.69 Å². The number of benzene rings is 2. The molecule has 2 aromatic carbocycles. The number of piperidine rings is 1. The number of non-ortho nitro benzene ring substituents is 1. The predicted molar refractivity (Wildman–Crippen MR) is 144 cm³/mol. The third kappa shape index (κ3) is 5.35. The zero-order valence-electron chi connectivity index (χ0n) is 21.7. The van der Waals surface area contributed by atoms with Crippen molar-refractivity contribution in [1.29, 1.82) is 0 Å². The van der Waals surface area contributed by atoms with Gasteiger partial charge in [0.1, 0.15) is 12.1 Å². The molecule has 2 saturated heterocycles. The first-order chi connectivity index (χ1) is 18.7. The van der Waals surface area contributed by atoms with E-state index in [1.807, 2.05) is 35.2 Å². The Labute approximate surface area is 228 Å². The van der Waals surface area contributed by atoms with Gasteiger partial charge in [0.15, 0.2) is 0 Å². The molecule has 3 aliphatic rings. The van der Waals surface area contributed by atoms with Gasteiger partial charge in [-0.15, -0.1) is 0 Å². The molecule has 0 unspecified atom stereocenters. The molecular weight excluding hydrogens is 522 g/mol. The Balaban J connectivity index is 1.33. The van der Waals surface area contributed by atoms with Gasteiger partial charge in [0, 0.05) is 37.0 Å². The summed E-state index contributed by atoms with van der Waals surface area (Å²) in [5, 5.41) is 14.0. The number of para-hydroxylation sites is 1. The molecule has 12 heteroatoms. The number of hydrogen-bond acceptors (Lipinski definition) is 7. The molecule has 1 spiro atoms. The van der Waals surface area contributed by atoms with E-state index in [0.29, 0.717) is 0 Å². The Hall–Kier alpha value is -3.51. The van der Waals surface area contributed by atoms with E-state index in [1.54, 1.807) is 4.90 Å². The predicted octanol–water partition coefficient (Wildman–Crippen LogP) is 2.87. The van der Waals surface area contributed by atoms with Gasteiger partial charge in [0.2, 0.25) is 21.8 Å². The van der Waals surface area contributed by atoms with E-state index in [-0.39, 0.29) is 67.6 Å². The van der Waals surface area contributed by atoms with Crippen LogP contribution in [0, 0.1) is 10.1 Å². The van der Waals surface area contributed by atoms with Crippen molar-refractivity contribution in [3.63, 3.8) is 0 Å². The summed E-state index contributed by atoms with van der Waals surface area (Å²) in [5.74, 6) is -0.337. The van der Waals surface area contributed by atoms with E-state index < -0.39 is 20.5 Å². The number of carbonyl (C=O) groups excluding carboxylic acids is 2. The molecule has 2 aliphatic heterocycles.